The second-order valence-corrected chi connectivity index (χ2v) is 14.6. The molecular weight excluding hydrogens is 405 g/mol. The lowest BCUT2D eigenvalue weighted by Gasteiger charge is -2.24. The monoisotopic (exact) mass is 430 g/mol. The third kappa shape index (κ3) is 4.49. The minimum atomic E-state index is -0.653. The SMILES string of the molecule is CC1CCCc2c1ccc1c2ccc2ccccc21.O1[SiH2]O[SiH2]O[SiH2]O[SiH2]1. The van der Waals surface area contributed by atoms with Crippen molar-refractivity contribution >= 4 is 61.6 Å². The quantitative estimate of drug-likeness (QED) is 0.400. The van der Waals surface area contributed by atoms with Gasteiger partial charge in [-0.3, -0.25) is 0 Å². The fourth-order valence-electron chi connectivity index (χ4n) is 4.02. The van der Waals surface area contributed by atoms with Crippen molar-refractivity contribution in [3.8, 4) is 0 Å². The molecule has 4 nitrogen and oxygen atoms in total. The third-order valence-electron chi connectivity index (χ3n) is 5.34. The molecule has 0 spiro atoms. The average Bonchev–Trinajstić information content (AvgIpc) is 2.68. The summed E-state index contributed by atoms with van der Waals surface area (Å²) in [5, 5.41) is 5.63. The van der Waals surface area contributed by atoms with Gasteiger partial charge in [-0.1, -0.05) is 55.5 Å². The summed E-state index contributed by atoms with van der Waals surface area (Å²) in [5.41, 5.74) is 3.18. The van der Waals surface area contributed by atoms with Gasteiger partial charge in [0, 0.05) is 0 Å². The van der Waals surface area contributed by atoms with Crippen molar-refractivity contribution in [2.24, 2.45) is 0 Å². The van der Waals surface area contributed by atoms with Crippen LogP contribution in [-0.4, -0.2) is 40.0 Å². The van der Waals surface area contributed by atoms with Gasteiger partial charge >= 0.3 is 0 Å². The van der Waals surface area contributed by atoms with E-state index in [1.807, 2.05) is 0 Å². The molecule has 0 amide bonds. The molecule has 3 aromatic carbocycles. The van der Waals surface area contributed by atoms with E-state index in [-0.39, 0.29) is 0 Å². The molecule has 142 valence electrons. The Hall–Kier alpha value is -1.11. The molecule has 0 aromatic heterocycles. The van der Waals surface area contributed by atoms with Gasteiger partial charge in [-0.2, -0.15) is 0 Å². The van der Waals surface area contributed by atoms with Crippen molar-refractivity contribution < 1.29 is 16.5 Å². The van der Waals surface area contributed by atoms with Crippen molar-refractivity contribution in [3.63, 3.8) is 0 Å². The number of fused-ring (bicyclic) bond motifs is 5. The zero-order valence-corrected chi connectivity index (χ0v) is 21.4. The van der Waals surface area contributed by atoms with E-state index >= 15 is 0 Å². The van der Waals surface area contributed by atoms with Crippen LogP contribution in [0.15, 0.2) is 48.5 Å². The molecule has 0 radical (unpaired) electrons. The largest absolute Gasteiger partial charge is 0.425 e. The Bertz CT molecular complexity index is 897. The Balaban J connectivity index is 0.000000190. The van der Waals surface area contributed by atoms with E-state index in [0.29, 0.717) is 0 Å². The van der Waals surface area contributed by atoms with Crippen LogP contribution in [0.1, 0.15) is 36.8 Å². The molecule has 5 rings (SSSR count). The molecule has 1 aliphatic carbocycles. The minimum absolute atomic E-state index is 0.653. The number of rotatable bonds is 0. The smallest absolute Gasteiger partial charge is 0.286 e. The van der Waals surface area contributed by atoms with Gasteiger partial charge in [0.15, 0.2) is 0 Å². The average molecular weight is 431 g/mol. The van der Waals surface area contributed by atoms with E-state index in [4.69, 9.17) is 16.5 Å². The van der Waals surface area contributed by atoms with E-state index in [9.17, 15) is 0 Å². The van der Waals surface area contributed by atoms with Crippen LogP contribution in [0, 0.1) is 0 Å². The highest BCUT2D eigenvalue weighted by atomic mass is 28.4. The lowest BCUT2D eigenvalue weighted by Crippen LogP contribution is -2.23. The maximum absolute atomic E-state index is 5.10. The minimum Gasteiger partial charge on any atom is -0.425 e. The number of hydrogen-bond donors (Lipinski definition) is 0. The van der Waals surface area contributed by atoms with Gasteiger partial charge in [-0.25, -0.2) is 0 Å². The molecule has 0 bridgehead atoms. The summed E-state index contributed by atoms with van der Waals surface area (Å²) in [6, 6.07) is 18.0. The van der Waals surface area contributed by atoms with E-state index in [1.54, 1.807) is 11.1 Å². The fourth-order valence-corrected chi connectivity index (χ4v) is 11.2. The summed E-state index contributed by atoms with van der Waals surface area (Å²) in [6.07, 6.45) is 3.92. The molecule has 1 unspecified atom stereocenters. The molecule has 1 fully saturated rings. The van der Waals surface area contributed by atoms with Crippen LogP contribution < -0.4 is 0 Å². The molecular formula is C19H26O4Si4. The predicted octanol–water partition coefficient (Wildman–Crippen LogP) is 1.49. The highest BCUT2D eigenvalue weighted by Crippen LogP contribution is 2.37. The Labute approximate surface area is 169 Å². The molecule has 1 heterocycles. The molecule has 2 aliphatic rings. The van der Waals surface area contributed by atoms with Crippen LogP contribution in [0.5, 0.6) is 0 Å². The fraction of sp³-hybridized carbons (Fsp3) is 0.263. The first-order valence-corrected chi connectivity index (χ1v) is 14.2. The molecule has 1 atom stereocenters. The second kappa shape index (κ2) is 9.39. The van der Waals surface area contributed by atoms with Gasteiger partial charge in [0.2, 0.25) is 0 Å². The van der Waals surface area contributed by atoms with Gasteiger partial charge < -0.3 is 16.5 Å². The number of hydrogen-bond acceptors (Lipinski definition) is 4. The Morgan fingerprint density at radius 2 is 1.41 bits per heavy atom. The first-order chi connectivity index (χ1) is 13.3. The van der Waals surface area contributed by atoms with E-state index in [2.05, 4.69) is 55.5 Å². The molecule has 1 saturated heterocycles. The summed E-state index contributed by atoms with van der Waals surface area (Å²) in [6.45, 7) is 2.37. The predicted molar refractivity (Wildman–Crippen MR) is 121 cm³/mol. The summed E-state index contributed by atoms with van der Waals surface area (Å²) >= 11 is 0. The van der Waals surface area contributed by atoms with Crippen molar-refractivity contribution in [1.29, 1.82) is 0 Å². The molecule has 0 N–H and O–H groups in total. The Morgan fingerprint density at radius 3 is 2.15 bits per heavy atom. The summed E-state index contributed by atoms with van der Waals surface area (Å²) in [4.78, 5) is 0. The summed E-state index contributed by atoms with van der Waals surface area (Å²) in [5.74, 6) is 0.722. The van der Waals surface area contributed by atoms with Crippen molar-refractivity contribution in [3.05, 3.63) is 59.7 Å². The van der Waals surface area contributed by atoms with Gasteiger partial charge in [0.1, 0.15) is 0 Å². The number of aryl methyl sites for hydroxylation is 1. The topological polar surface area (TPSA) is 36.9 Å². The van der Waals surface area contributed by atoms with Crippen LogP contribution in [0.25, 0.3) is 21.5 Å². The van der Waals surface area contributed by atoms with Crippen LogP contribution in [0.2, 0.25) is 0 Å². The van der Waals surface area contributed by atoms with E-state index < -0.39 is 40.0 Å². The van der Waals surface area contributed by atoms with Crippen molar-refractivity contribution in [2.45, 2.75) is 32.1 Å². The van der Waals surface area contributed by atoms with Crippen LogP contribution in [-0.2, 0) is 22.9 Å². The van der Waals surface area contributed by atoms with Gasteiger partial charge in [-0.05, 0) is 57.9 Å². The summed E-state index contributed by atoms with van der Waals surface area (Å²) < 4.78 is 20.4. The maximum atomic E-state index is 5.10. The second-order valence-electron chi connectivity index (χ2n) is 7.10. The third-order valence-corrected chi connectivity index (χ3v) is 10.7. The van der Waals surface area contributed by atoms with Gasteiger partial charge in [0.25, 0.3) is 40.0 Å². The van der Waals surface area contributed by atoms with Gasteiger partial charge in [0.05, 0.1) is 0 Å². The highest BCUT2D eigenvalue weighted by Gasteiger charge is 2.18. The van der Waals surface area contributed by atoms with Gasteiger partial charge in [-0.15, -0.1) is 0 Å². The zero-order valence-electron chi connectivity index (χ0n) is 15.8. The van der Waals surface area contributed by atoms with Crippen LogP contribution in [0.3, 0.4) is 0 Å². The Morgan fingerprint density at radius 1 is 0.741 bits per heavy atom. The lowest BCUT2D eigenvalue weighted by molar-refractivity contribution is 0.347. The van der Waals surface area contributed by atoms with Crippen LogP contribution >= 0.6 is 0 Å². The molecule has 3 aromatic rings. The molecule has 8 heteroatoms. The first kappa shape index (κ1) is 19.2. The maximum Gasteiger partial charge on any atom is 0.286 e. The first-order valence-electron chi connectivity index (χ1n) is 9.59. The lowest BCUT2D eigenvalue weighted by atomic mass is 9.81. The van der Waals surface area contributed by atoms with Crippen molar-refractivity contribution in [1.82, 2.24) is 0 Å². The highest BCUT2D eigenvalue weighted by molar-refractivity contribution is 6.50. The van der Waals surface area contributed by atoms with Crippen LogP contribution in [0.4, 0.5) is 0 Å². The van der Waals surface area contributed by atoms with E-state index in [1.165, 1.54) is 40.8 Å². The standard InChI is InChI=1S/C19H18.H8O4Si4/c1-13-5-4-8-17-15(13)11-12-18-16-7-3-2-6-14(16)9-10-19(17)18;1-5-2-7-4-8-3-6-1/h2-3,6-7,9-13H,4-5,8H2,1H3;5-8H2. The van der Waals surface area contributed by atoms with Crippen molar-refractivity contribution in [2.75, 3.05) is 0 Å². The molecule has 0 saturated carbocycles. The Kier molecular flexibility index (Phi) is 6.68. The zero-order chi connectivity index (χ0) is 18.5. The molecule has 1 aliphatic heterocycles. The molecule has 27 heavy (non-hydrogen) atoms. The summed E-state index contributed by atoms with van der Waals surface area (Å²) in [7, 11) is -2.61. The normalized spacial score (nSPS) is 23.8. The number of benzene rings is 3. The van der Waals surface area contributed by atoms with E-state index in [0.717, 1.165) is 5.92 Å².